The molecule has 0 bridgehead atoms. The van der Waals surface area contributed by atoms with Crippen LogP contribution >= 0.6 is 0 Å². The molecule has 0 spiro atoms. The van der Waals surface area contributed by atoms with Crippen molar-refractivity contribution < 1.29 is 33.3 Å². The van der Waals surface area contributed by atoms with Crippen molar-refractivity contribution in [2.24, 2.45) is 0 Å². The third-order valence-electron chi connectivity index (χ3n) is 3.28. The summed E-state index contributed by atoms with van der Waals surface area (Å²) in [6, 6.07) is 5.60. The fourth-order valence-electron chi connectivity index (χ4n) is 2.25. The van der Waals surface area contributed by atoms with Crippen LogP contribution in [-0.4, -0.2) is 41.6 Å². The first-order valence-electron chi connectivity index (χ1n) is 9.84. The molecule has 168 valence electrons. The minimum atomic E-state index is -0.931. The van der Waals surface area contributed by atoms with Crippen LogP contribution in [0.1, 0.15) is 61.0 Å². The van der Waals surface area contributed by atoms with Crippen molar-refractivity contribution in [2.45, 2.75) is 85.2 Å². The number of benzene rings is 1. The van der Waals surface area contributed by atoms with Crippen LogP contribution in [0, 0.1) is 0 Å². The number of nitrogens with one attached hydrogen (secondary N) is 1. The molecular weight excluding hydrogens is 390 g/mol. The summed E-state index contributed by atoms with van der Waals surface area (Å²) < 4.78 is 20.7. The molecule has 1 amide bonds. The highest BCUT2D eigenvalue weighted by atomic mass is 16.7. The zero-order chi connectivity index (χ0) is 23.1. The Balaban J connectivity index is 2.83. The number of rotatable bonds is 6. The molecule has 0 radical (unpaired) electrons. The van der Waals surface area contributed by atoms with E-state index in [0.29, 0.717) is 5.75 Å². The maximum atomic E-state index is 12.4. The van der Waals surface area contributed by atoms with Gasteiger partial charge in [0.1, 0.15) is 23.0 Å². The molecular formula is C22H33NO7. The van der Waals surface area contributed by atoms with Crippen LogP contribution < -0.4 is 10.1 Å². The molecule has 1 rings (SSSR count). The van der Waals surface area contributed by atoms with Gasteiger partial charge in [0.2, 0.25) is 0 Å². The Kier molecular flexibility index (Phi) is 8.69. The van der Waals surface area contributed by atoms with Crippen LogP contribution in [0.25, 0.3) is 0 Å². The molecule has 0 aliphatic heterocycles. The Morgan fingerprint density at radius 1 is 0.900 bits per heavy atom. The van der Waals surface area contributed by atoms with E-state index in [9.17, 15) is 14.4 Å². The number of alkyl carbamates (subject to hydrolysis) is 1. The first kappa shape index (κ1) is 25.3. The summed E-state index contributed by atoms with van der Waals surface area (Å²) in [4.78, 5) is 36.3. The summed E-state index contributed by atoms with van der Waals surface area (Å²) in [6.45, 7) is 13.9. The molecule has 1 aromatic carbocycles. The average molecular weight is 424 g/mol. The monoisotopic (exact) mass is 423 g/mol. The van der Waals surface area contributed by atoms with Crippen LogP contribution in [0.2, 0.25) is 0 Å². The van der Waals surface area contributed by atoms with Gasteiger partial charge in [-0.2, -0.15) is 0 Å². The first-order valence-corrected chi connectivity index (χ1v) is 9.84. The van der Waals surface area contributed by atoms with E-state index < -0.39 is 35.5 Å². The van der Waals surface area contributed by atoms with Gasteiger partial charge in [0.15, 0.2) is 0 Å². The van der Waals surface area contributed by atoms with E-state index in [1.807, 2.05) is 0 Å². The molecule has 1 atom stereocenters. The summed E-state index contributed by atoms with van der Waals surface area (Å²) >= 11 is 0. The van der Waals surface area contributed by atoms with Crippen molar-refractivity contribution in [2.75, 3.05) is 0 Å². The normalized spacial score (nSPS) is 12.7. The average Bonchev–Trinajstić information content (AvgIpc) is 2.51. The van der Waals surface area contributed by atoms with Crippen LogP contribution in [0.3, 0.4) is 0 Å². The Labute approximate surface area is 178 Å². The van der Waals surface area contributed by atoms with Gasteiger partial charge in [-0.15, -0.1) is 0 Å². The molecule has 0 aliphatic carbocycles. The topological polar surface area (TPSA) is 100 Å². The summed E-state index contributed by atoms with van der Waals surface area (Å²) in [6.07, 6.45) is -1.67. The largest absolute Gasteiger partial charge is 0.514 e. The van der Waals surface area contributed by atoms with Gasteiger partial charge in [-0.05, 0) is 73.1 Å². The lowest BCUT2D eigenvalue weighted by Crippen LogP contribution is -2.46. The molecule has 0 aliphatic rings. The minimum Gasteiger partial charge on any atom is -0.461 e. The van der Waals surface area contributed by atoms with Crippen molar-refractivity contribution in [1.82, 2.24) is 5.32 Å². The fourth-order valence-corrected chi connectivity index (χ4v) is 2.25. The second-order valence-corrected chi connectivity index (χ2v) is 9.10. The van der Waals surface area contributed by atoms with E-state index in [1.165, 1.54) is 0 Å². The van der Waals surface area contributed by atoms with Gasteiger partial charge < -0.3 is 24.3 Å². The minimum absolute atomic E-state index is 0.178. The molecule has 8 nitrogen and oxygen atoms in total. The third-order valence-corrected chi connectivity index (χ3v) is 3.28. The van der Waals surface area contributed by atoms with E-state index in [2.05, 4.69) is 5.32 Å². The number of amides is 1. The van der Waals surface area contributed by atoms with E-state index in [0.717, 1.165) is 5.56 Å². The molecule has 1 N–H and O–H groups in total. The molecule has 1 aromatic rings. The van der Waals surface area contributed by atoms with Crippen LogP contribution in [0.4, 0.5) is 9.59 Å². The molecule has 0 aromatic heterocycles. The van der Waals surface area contributed by atoms with Gasteiger partial charge in [0.05, 0.1) is 6.10 Å². The summed E-state index contributed by atoms with van der Waals surface area (Å²) in [5.41, 5.74) is -0.626. The highest BCUT2D eigenvalue weighted by molar-refractivity contribution is 5.82. The third kappa shape index (κ3) is 10.7. The lowest BCUT2D eigenvalue weighted by molar-refractivity contribution is -0.149. The second-order valence-electron chi connectivity index (χ2n) is 9.10. The zero-order valence-corrected chi connectivity index (χ0v) is 19.0. The van der Waals surface area contributed by atoms with Gasteiger partial charge in [-0.3, -0.25) is 0 Å². The van der Waals surface area contributed by atoms with Gasteiger partial charge >= 0.3 is 18.2 Å². The van der Waals surface area contributed by atoms with Crippen molar-refractivity contribution in [1.29, 1.82) is 0 Å². The molecule has 0 heterocycles. The summed E-state index contributed by atoms with van der Waals surface area (Å²) in [7, 11) is 0. The zero-order valence-electron chi connectivity index (χ0n) is 19.0. The van der Waals surface area contributed by atoms with Gasteiger partial charge in [0, 0.05) is 6.42 Å². The van der Waals surface area contributed by atoms with E-state index >= 15 is 0 Å². The smallest absolute Gasteiger partial charge is 0.461 e. The number of carbonyl (C=O) groups is 3. The molecule has 8 heteroatoms. The lowest BCUT2D eigenvalue weighted by atomic mass is 10.1. The van der Waals surface area contributed by atoms with E-state index in [1.54, 1.807) is 79.7 Å². The Morgan fingerprint density at radius 2 is 1.43 bits per heavy atom. The Morgan fingerprint density at radius 3 is 1.90 bits per heavy atom. The maximum absolute atomic E-state index is 12.4. The van der Waals surface area contributed by atoms with Crippen LogP contribution in [0.5, 0.6) is 5.75 Å². The molecule has 0 saturated carbocycles. The lowest BCUT2D eigenvalue weighted by Gasteiger charge is -2.23. The van der Waals surface area contributed by atoms with Crippen molar-refractivity contribution in [3.63, 3.8) is 0 Å². The molecule has 0 unspecified atom stereocenters. The summed E-state index contributed by atoms with van der Waals surface area (Å²) in [5.74, 6) is -0.264. The molecule has 30 heavy (non-hydrogen) atoms. The second kappa shape index (κ2) is 10.3. The molecule has 0 fully saturated rings. The van der Waals surface area contributed by atoms with Gasteiger partial charge in [-0.1, -0.05) is 12.1 Å². The fraction of sp³-hybridized carbons (Fsp3) is 0.591. The van der Waals surface area contributed by atoms with E-state index in [-0.39, 0.29) is 12.5 Å². The van der Waals surface area contributed by atoms with E-state index in [4.69, 9.17) is 18.9 Å². The highest BCUT2D eigenvalue weighted by Crippen LogP contribution is 2.17. The van der Waals surface area contributed by atoms with Crippen LogP contribution in [0.15, 0.2) is 24.3 Å². The Bertz CT molecular complexity index is 727. The SMILES string of the molecule is CC(C)OC(=O)[C@H](Cc1ccc(OC(=O)OC(C)(C)C)cc1)NC(=O)OC(C)(C)C. The predicted octanol–water partition coefficient (Wildman–Crippen LogP) is 4.39. The number of esters is 1. The predicted molar refractivity (Wildman–Crippen MR) is 111 cm³/mol. The Hall–Kier alpha value is -2.77. The maximum Gasteiger partial charge on any atom is 0.514 e. The standard InChI is InChI=1S/C22H33NO7/c1-14(2)27-18(24)17(23-19(25)29-21(3,4)5)13-15-9-11-16(12-10-15)28-20(26)30-22(6,7)8/h9-12,14,17H,13H2,1-8H3,(H,23,25)/t17-/m0/s1. The van der Waals surface area contributed by atoms with Crippen molar-refractivity contribution in [3.8, 4) is 5.75 Å². The van der Waals surface area contributed by atoms with Gasteiger partial charge in [-0.25, -0.2) is 14.4 Å². The number of hydrogen-bond acceptors (Lipinski definition) is 7. The number of ether oxygens (including phenoxy) is 4. The molecule has 0 saturated heterocycles. The van der Waals surface area contributed by atoms with Gasteiger partial charge in [0.25, 0.3) is 0 Å². The highest BCUT2D eigenvalue weighted by Gasteiger charge is 2.26. The van der Waals surface area contributed by atoms with Crippen molar-refractivity contribution >= 4 is 18.2 Å². The quantitative estimate of drug-likeness (QED) is 0.411. The summed E-state index contributed by atoms with van der Waals surface area (Å²) in [5, 5.41) is 2.56. The first-order chi connectivity index (χ1) is 13.6. The van der Waals surface area contributed by atoms with Crippen molar-refractivity contribution in [3.05, 3.63) is 29.8 Å². The number of hydrogen-bond donors (Lipinski definition) is 1. The van der Waals surface area contributed by atoms with Crippen LogP contribution in [-0.2, 0) is 25.4 Å². The number of carbonyl (C=O) groups excluding carboxylic acids is 3.